The van der Waals surface area contributed by atoms with Crippen molar-refractivity contribution in [3.8, 4) is 0 Å². The van der Waals surface area contributed by atoms with E-state index < -0.39 is 40.5 Å². The molecule has 0 aliphatic carbocycles. The highest BCUT2D eigenvalue weighted by atomic mass is 16.6. The Balaban J connectivity index is 4.97. The highest BCUT2D eigenvalue weighted by Gasteiger charge is 2.41. The van der Waals surface area contributed by atoms with Crippen LogP contribution in [0, 0.1) is 0 Å². The lowest BCUT2D eigenvalue weighted by Gasteiger charge is -2.43. The van der Waals surface area contributed by atoms with Gasteiger partial charge in [-0.1, -0.05) is 0 Å². The number of hydrogen-bond donors (Lipinski definition) is 3. The van der Waals surface area contributed by atoms with Gasteiger partial charge >= 0.3 is 12.2 Å². The summed E-state index contributed by atoms with van der Waals surface area (Å²) in [5, 5.41) is 5.52. The second kappa shape index (κ2) is 7.17. The molecule has 2 amide bonds. The summed E-state index contributed by atoms with van der Waals surface area (Å²) in [5.74, 6) is 0. The number of nitrogens with two attached hydrogens (primary N) is 1. The van der Waals surface area contributed by atoms with E-state index in [4.69, 9.17) is 15.2 Å². The fourth-order valence-corrected chi connectivity index (χ4v) is 2.19. The maximum absolute atomic E-state index is 12.0. The van der Waals surface area contributed by atoms with Gasteiger partial charge in [0.2, 0.25) is 0 Å². The van der Waals surface area contributed by atoms with Crippen molar-refractivity contribution in [3.05, 3.63) is 0 Å². The van der Waals surface area contributed by atoms with Gasteiger partial charge in [-0.25, -0.2) is 9.59 Å². The highest BCUT2D eigenvalue weighted by Crippen LogP contribution is 2.21. The Morgan fingerprint density at radius 3 is 1.17 bits per heavy atom. The molecule has 0 saturated carbocycles. The van der Waals surface area contributed by atoms with Crippen molar-refractivity contribution in [2.24, 2.45) is 5.73 Å². The second-order valence-electron chi connectivity index (χ2n) is 9.17. The minimum Gasteiger partial charge on any atom is -0.444 e. The van der Waals surface area contributed by atoms with E-state index in [1.54, 1.807) is 69.2 Å². The average molecular weight is 345 g/mol. The van der Waals surface area contributed by atoms with Crippen molar-refractivity contribution >= 4 is 12.2 Å². The van der Waals surface area contributed by atoms with Crippen LogP contribution in [0.2, 0.25) is 0 Å². The van der Waals surface area contributed by atoms with Crippen molar-refractivity contribution in [2.75, 3.05) is 0 Å². The smallest absolute Gasteiger partial charge is 0.408 e. The first-order valence-electron chi connectivity index (χ1n) is 8.14. The minimum atomic E-state index is -0.819. The zero-order valence-corrected chi connectivity index (χ0v) is 16.8. The van der Waals surface area contributed by atoms with Crippen molar-refractivity contribution in [3.63, 3.8) is 0 Å². The molecule has 0 heterocycles. The van der Waals surface area contributed by atoms with Gasteiger partial charge < -0.3 is 25.8 Å². The zero-order valence-electron chi connectivity index (χ0n) is 16.8. The molecule has 4 N–H and O–H groups in total. The van der Waals surface area contributed by atoms with E-state index >= 15 is 0 Å². The van der Waals surface area contributed by atoms with Crippen LogP contribution in [-0.4, -0.2) is 40.5 Å². The number of ether oxygens (including phenoxy) is 2. The number of carbonyl (C=O) groups excluding carboxylic acids is 2. The van der Waals surface area contributed by atoms with Crippen LogP contribution < -0.4 is 16.4 Å². The van der Waals surface area contributed by atoms with Crippen LogP contribution >= 0.6 is 0 Å². The van der Waals surface area contributed by atoms with Crippen LogP contribution in [0.5, 0.6) is 0 Å². The van der Waals surface area contributed by atoms with Gasteiger partial charge in [0.1, 0.15) is 11.2 Å². The Hall–Kier alpha value is -1.50. The average Bonchev–Trinajstić information content (AvgIpc) is 2.19. The maximum Gasteiger partial charge on any atom is 0.408 e. The molecule has 7 nitrogen and oxygen atoms in total. The Morgan fingerprint density at radius 2 is 0.958 bits per heavy atom. The second-order valence-corrected chi connectivity index (χ2v) is 9.17. The van der Waals surface area contributed by atoms with Crippen molar-refractivity contribution in [1.82, 2.24) is 10.6 Å². The Morgan fingerprint density at radius 1 is 0.708 bits per heavy atom. The van der Waals surface area contributed by atoms with E-state index in [9.17, 15) is 9.59 Å². The molecule has 0 radical (unpaired) electrons. The monoisotopic (exact) mass is 345 g/mol. The van der Waals surface area contributed by atoms with Crippen LogP contribution in [0.15, 0.2) is 0 Å². The summed E-state index contributed by atoms with van der Waals surface area (Å²) in [4.78, 5) is 24.0. The molecule has 24 heavy (non-hydrogen) atoms. The van der Waals surface area contributed by atoms with Gasteiger partial charge in [-0.05, 0) is 69.2 Å². The normalized spacial score (nSPS) is 13.5. The van der Waals surface area contributed by atoms with E-state index in [1.165, 1.54) is 0 Å². The lowest BCUT2D eigenvalue weighted by Crippen LogP contribution is -2.69. The Kier molecular flexibility index (Phi) is 6.72. The molecule has 0 spiro atoms. The van der Waals surface area contributed by atoms with E-state index in [2.05, 4.69) is 10.6 Å². The summed E-state index contributed by atoms with van der Waals surface area (Å²) in [7, 11) is 0. The Bertz CT molecular complexity index is 417. The fraction of sp³-hybridized carbons (Fsp3) is 0.882. The SMILES string of the molecule is CC(C)(C)OC(=O)NC(C)(C)C(N)C(C)(C)NC(=O)OC(C)(C)C. The molecule has 0 fully saturated rings. The first kappa shape index (κ1) is 22.5. The first-order valence-corrected chi connectivity index (χ1v) is 8.14. The molecule has 0 aliphatic heterocycles. The molecule has 0 aromatic rings. The summed E-state index contributed by atoms with van der Waals surface area (Å²) in [6, 6.07) is -0.593. The number of hydrogen-bond acceptors (Lipinski definition) is 5. The topological polar surface area (TPSA) is 103 Å². The van der Waals surface area contributed by atoms with Gasteiger partial charge in [0.05, 0.1) is 17.1 Å². The van der Waals surface area contributed by atoms with Crippen LogP contribution in [-0.2, 0) is 9.47 Å². The summed E-state index contributed by atoms with van der Waals surface area (Å²) in [6.07, 6.45) is -1.12. The molecule has 0 atom stereocenters. The standard InChI is InChI=1S/C17H35N3O4/c1-14(2,3)23-12(21)19-16(7,8)11(18)17(9,10)20-13(22)24-15(4,5)6/h11H,18H2,1-10H3,(H,19,21)(H,20,22). The predicted octanol–water partition coefficient (Wildman–Crippen LogP) is 2.92. The van der Waals surface area contributed by atoms with Gasteiger partial charge in [-0.15, -0.1) is 0 Å². The molecule has 7 heteroatoms. The predicted molar refractivity (Wildman–Crippen MR) is 94.9 cm³/mol. The molecule has 0 rings (SSSR count). The van der Waals surface area contributed by atoms with Gasteiger partial charge in [0.15, 0.2) is 0 Å². The van der Waals surface area contributed by atoms with Crippen LogP contribution in [0.4, 0.5) is 9.59 Å². The molecule has 0 aliphatic rings. The molecule has 0 bridgehead atoms. The maximum atomic E-state index is 12.0. The van der Waals surface area contributed by atoms with Gasteiger partial charge in [0.25, 0.3) is 0 Å². The minimum absolute atomic E-state index is 0.559. The largest absolute Gasteiger partial charge is 0.444 e. The lowest BCUT2D eigenvalue weighted by molar-refractivity contribution is 0.0387. The summed E-state index contributed by atoms with van der Waals surface area (Å²) in [5.41, 5.74) is 3.47. The summed E-state index contributed by atoms with van der Waals surface area (Å²) >= 11 is 0. The third kappa shape index (κ3) is 8.38. The molecule has 142 valence electrons. The lowest BCUT2D eigenvalue weighted by atomic mass is 9.81. The van der Waals surface area contributed by atoms with Crippen LogP contribution in [0.25, 0.3) is 0 Å². The number of nitrogens with one attached hydrogen (secondary N) is 2. The van der Waals surface area contributed by atoms with E-state index in [0.717, 1.165) is 0 Å². The number of carbonyl (C=O) groups is 2. The molecule has 0 unspecified atom stereocenters. The van der Waals surface area contributed by atoms with Crippen molar-refractivity contribution in [1.29, 1.82) is 0 Å². The van der Waals surface area contributed by atoms with Crippen LogP contribution in [0.1, 0.15) is 69.2 Å². The van der Waals surface area contributed by atoms with Gasteiger partial charge in [-0.3, -0.25) is 0 Å². The van der Waals surface area contributed by atoms with Gasteiger partial charge in [0, 0.05) is 0 Å². The Labute approximate surface area is 146 Å². The van der Waals surface area contributed by atoms with E-state index in [0.29, 0.717) is 0 Å². The third-order valence-electron chi connectivity index (χ3n) is 3.20. The fourth-order valence-electron chi connectivity index (χ4n) is 2.19. The number of alkyl carbamates (subject to hydrolysis) is 2. The van der Waals surface area contributed by atoms with Crippen molar-refractivity contribution in [2.45, 2.75) is 97.6 Å². The van der Waals surface area contributed by atoms with Crippen LogP contribution in [0.3, 0.4) is 0 Å². The van der Waals surface area contributed by atoms with Gasteiger partial charge in [-0.2, -0.15) is 0 Å². The molecule has 0 saturated heterocycles. The first-order chi connectivity index (χ1) is 10.4. The molecular weight excluding hydrogens is 310 g/mol. The molecular formula is C17H35N3O4. The molecule has 0 aromatic carbocycles. The summed E-state index contributed by atoms with van der Waals surface area (Å²) in [6.45, 7) is 17.8. The zero-order chi connectivity index (χ0) is 19.6. The number of rotatable bonds is 4. The third-order valence-corrected chi connectivity index (χ3v) is 3.20. The van der Waals surface area contributed by atoms with Crippen molar-refractivity contribution < 1.29 is 19.1 Å². The summed E-state index contributed by atoms with van der Waals surface area (Å²) < 4.78 is 10.5. The quantitative estimate of drug-likeness (QED) is 0.727. The van der Waals surface area contributed by atoms with E-state index in [-0.39, 0.29) is 0 Å². The molecule has 0 aromatic heterocycles. The van der Waals surface area contributed by atoms with E-state index in [1.807, 2.05) is 0 Å². The highest BCUT2D eigenvalue weighted by molar-refractivity contribution is 5.70. The number of amides is 2.